The molecule has 0 saturated heterocycles. The molecule has 0 atom stereocenters. The Morgan fingerprint density at radius 1 is 0.963 bits per heavy atom. The molecule has 7 nitrogen and oxygen atoms in total. The van der Waals surface area contributed by atoms with E-state index in [-0.39, 0.29) is 18.9 Å². The number of amides is 3. The van der Waals surface area contributed by atoms with Crippen LogP contribution in [-0.2, 0) is 11.3 Å². The molecule has 138 valence electrons. The van der Waals surface area contributed by atoms with Crippen molar-refractivity contribution < 1.29 is 18.4 Å². The molecular weight excluding hydrogens is 353 g/mol. The smallest absolute Gasteiger partial charge is 0.336 e. The first-order chi connectivity index (χ1) is 13.0. The lowest BCUT2D eigenvalue weighted by Crippen LogP contribution is -2.39. The molecule has 0 saturated carbocycles. The van der Waals surface area contributed by atoms with Gasteiger partial charge in [-0.05, 0) is 42.0 Å². The van der Waals surface area contributed by atoms with Crippen LogP contribution in [0.25, 0.3) is 11.0 Å². The summed E-state index contributed by atoms with van der Waals surface area (Å²) >= 11 is 0. The van der Waals surface area contributed by atoms with Crippen LogP contribution in [0.2, 0.25) is 0 Å². The molecule has 3 aromatic rings. The first-order valence-corrected chi connectivity index (χ1v) is 8.09. The fourth-order valence-electron chi connectivity index (χ4n) is 2.36. The van der Waals surface area contributed by atoms with Crippen LogP contribution in [0.4, 0.5) is 14.9 Å². The molecule has 0 aliphatic carbocycles. The largest absolute Gasteiger partial charge is 0.423 e. The molecule has 2 aromatic carbocycles. The zero-order valence-electron chi connectivity index (χ0n) is 14.1. The van der Waals surface area contributed by atoms with Crippen LogP contribution in [0, 0.1) is 5.82 Å². The minimum atomic E-state index is -0.519. The van der Waals surface area contributed by atoms with Gasteiger partial charge in [-0.25, -0.2) is 14.0 Å². The Morgan fingerprint density at radius 2 is 1.74 bits per heavy atom. The second-order valence-electron chi connectivity index (χ2n) is 5.72. The molecule has 3 amide bonds. The van der Waals surface area contributed by atoms with Gasteiger partial charge < -0.3 is 20.4 Å². The van der Waals surface area contributed by atoms with Crippen molar-refractivity contribution in [3.05, 3.63) is 76.4 Å². The summed E-state index contributed by atoms with van der Waals surface area (Å²) in [4.78, 5) is 34.8. The van der Waals surface area contributed by atoms with E-state index in [0.29, 0.717) is 16.7 Å². The van der Waals surface area contributed by atoms with Crippen molar-refractivity contribution in [1.82, 2.24) is 10.6 Å². The van der Waals surface area contributed by atoms with E-state index in [4.69, 9.17) is 4.42 Å². The molecule has 1 heterocycles. The van der Waals surface area contributed by atoms with E-state index in [2.05, 4.69) is 16.0 Å². The minimum Gasteiger partial charge on any atom is -0.423 e. The number of anilines is 1. The van der Waals surface area contributed by atoms with Gasteiger partial charge in [0.25, 0.3) is 0 Å². The normalized spacial score (nSPS) is 10.4. The fraction of sp³-hybridized carbons (Fsp3) is 0.105. The Hall–Kier alpha value is -3.68. The number of nitrogens with one attached hydrogen (secondary N) is 3. The first kappa shape index (κ1) is 18.1. The second-order valence-corrected chi connectivity index (χ2v) is 5.72. The summed E-state index contributed by atoms with van der Waals surface area (Å²) in [6.45, 7) is -0.0131. The SMILES string of the molecule is O=C(CNC(=O)NCc1ccc(F)cc1)Nc1ccc2oc(=O)ccc2c1. The van der Waals surface area contributed by atoms with Gasteiger partial charge in [-0.2, -0.15) is 0 Å². The van der Waals surface area contributed by atoms with Crippen LogP contribution in [-0.4, -0.2) is 18.5 Å². The van der Waals surface area contributed by atoms with Gasteiger partial charge in [0.1, 0.15) is 11.4 Å². The van der Waals surface area contributed by atoms with E-state index in [1.54, 1.807) is 36.4 Å². The lowest BCUT2D eigenvalue weighted by molar-refractivity contribution is -0.115. The lowest BCUT2D eigenvalue weighted by Gasteiger charge is -2.09. The third-order valence-electron chi connectivity index (χ3n) is 3.68. The maximum Gasteiger partial charge on any atom is 0.336 e. The van der Waals surface area contributed by atoms with Crippen LogP contribution < -0.4 is 21.6 Å². The van der Waals surface area contributed by atoms with Gasteiger partial charge in [0.15, 0.2) is 0 Å². The van der Waals surface area contributed by atoms with Crippen molar-refractivity contribution in [3.8, 4) is 0 Å². The second kappa shape index (κ2) is 8.13. The topological polar surface area (TPSA) is 100 Å². The van der Waals surface area contributed by atoms with Crippen molar-refractivity contribution in [3.63, 3.8) is 0 Å². The highest BCUT2D eigenvalue weighted by atomic mass is 19.1. The molecule has 0 fully saturated rings. The third kappa shape index (κ3) is 5.15. The fourth-order valence-corrected chi connectivity index (χ4v) is 2.36. The average molecular weight is 369 g/mol. The summed E-state index contributed by atoms with van der Waals surface area (Å²) < 4.78 is 17.8. The number of carbonyl (C=O) groups excluding carboxylic acids is 2. The van der Waals surface area contributed by atoms with Crippen molar-refractivity contribution in [1.29, 1.82) is 0 Å². The molecular formula is C19H16FN3O4. The van der Waals surface area contributed by atoms with Crippen LogP contribution >= 0.6 is 0 Å². The lowest BCUT2D eigenvalue weighted by atomic mass is 10.2. The van der Waals surface area contributed by atoms with E-state index in [9.17, 15) is 18.8 Å². The van der Waals surface area contributed by atoms with Gasteiger partial charge in [0.05, 0.1) is 6.54 Å². The van der Waals surface area contributed by atoms with E-state index < -0.39 is 17.6 Å². The van der Waals surface area contributed by atoms with Crippen molar-refractivity contribution in [2.24, 2.45) is 0 Å². The van der Waals surface area contributed by atoms with Gasteiger partial charge in [-0.15, -0.1) is 0 Å². The first-order valence-electron chi connectivity index (χ1n) is 8.09. The third-order valence-corrected chi connectivity index (χ3v) is 3.68. The van der Waals surface area contributed by atoms with Gasteiger partial charge in [0.2, 0.25) is 5.91 Å². The highest BCUT2D eigenvalue weighted by Gasteiger charge is 2.07. The summed E-state index contributed by atoms with van der Waals surface area (Å²) in [5.41, 5.74) is 1.21. The Labute approximate surface area is 153 Å². The van der Waals surface area contributed by atoms with Crippen LogP contribution in [0.15, 0.2) is 63.8 Å². The summed E-state index contributed by atoms with van der Waals surface area (Å²) in [6.07, 6.45) is 0. The molecule has 27 heavy (non-hydrogen) atoms. The molecule has 0 bridgehead atoms. The molecule has 0 radical (unpaired) electrons. The summed E-state index contributed by atoms with van der Waals surface area (Å²) in [6, 6.07) is 12.9. The number of urea groups is 1. The number of fused-ring (bicyclic) bond motifs is 1. The Kier molecular flexibility index (Phi) is 5.46. The highest BCUT2D eigenvalue weighted by molar-refractivity contribution is 5.96. The molecule has 3 rings (SSSR count). The quantitative estimate of drug-likeness (QED) is 0.601. The van der Waals surface area contributed by atoms with Gasteiger partial charge in [0, 0.05) is 23.7 Å². The maximum atomic E-state index is 12.8. The monoisotopic (exact) mass is 369 g/mol. The molecule has 0 spiro atoms. The Balaban J connectivity index is 1.47. The Morgan fingerprint density at radius 3 is 2.52 bits per heavy atom. The van der Waals surface area contributed by atoms with Gasteiger partial charge in [-0.3, -0.25) is 4.79 Å². The zero-order valence-corrected chi connectivity index (χ0v) is 14.1. The Bertz CT molecular complexity index is 1030. The van der Waals surface area contributed by atoms with E-state index >= 15 is 0 Å². The number of halogens is 1. The summed E-state index contributed by atoms with van der Waals surface area (Å²) in [7, 11) is 0. The van der Waals surface area contributed by atoms with Gasteiger partial charge >= 0.3 is 11.7 Å². The van der Waals surface area contributed by atoms with Crippen LogP contribution in [0.1, 0.15) is 5.56 Å². The molecule has 1 aromatic heterocycles. The molecule has 0 aliphatic rings. The molecule has 8 heteroatoms. The van der Waals surface area contributed by atoms with Crippen LogP contribution in [0.3, 0.4) is 0 Å². The number of rotatable bonds is 5. The predicted octanol–water partition coefficient (Wildman–Crippen LogP) is 2.37. The van der Waals surface area contributed by atoms with Crippen molar-refractivity contribution in [2.45, 2.75) is 6.54 Å². The molecule has 3 N–H and O–H groups in total. The zero-order chi connectivity index (χ0) is 19.2. The number of benzene rings is 2. The van der Waals surface area contributed by atoms with Crippen molar-refractivity contribution in [2.75, 3.05) is 11.9 Å². The predicted molar refractivity (Wildman–Crippen MR) is 97.8 cm³/mol. The van der Waals surface area contributed by atoms with E-state index in [1.165, 1.54) is 18.2 Å². The summed E-state index contributed by atoms with van der Waals surface area (Å²) in [5.74, 6) is -0.764. The van der Waals surface area contributed by atoms with E-state index in [1.807, 2.05) is 0 Å². The summed E-state index contributed by atoms with van der Waals surface area (Å²) in [5, 5.41) is 8.31. The number of hydrogen-bond donors (Lipinski definition) is 3. The van der Waals surface area contributed by atoms with Gasteiger partial charge in [-0.1, -0.05) is 12.1 Å². The molecule has 0 aliphatic heterocycles. The van der Waals surface area contributed by atoms with Crippen molar-refractivity contribution >= 4 is 28.6 Å². The minimum absolute atomic E-state index is 0.212. The number of carbonyl (C=O) groups is 2. The highest BCUT2D eigenvalue weighted by Crippen LogP contribution is 2.17. The number of hydrogen-bond acceptors (Lipinski definition) is 4. The average Bonchev–Trinajstić information content (AvgIpc) is 2.66. The van der Waals surface area contributed by atoms with Crippen LogP contribution in [0.5, 0.6) is 0 Å². The van der Waals surface area contributed by atoms with E-state index in [0.717, 1.165) is 5.56 Å². The standard InChI is InChI=1S/C19H16FN3O4/c20-14-4-1-12(2-5-14)10-21-19(26)22-11-17(24)23-15-6-7-16-13(9-15)3-8-18(25)27-16/h1-9H,10-11H2,(H,23,24)(H2,21,22,26). The maximum absolute atomic E-state index is 12.8. The molecule has 0 unspecified atom stereocenters.